The molecule has 0 spiro atoms. The maximum Gasteiger partial charge on any atom is 0.573 e. The number of alkyl halides is 3. The Balaban J connectivity index is 1.48. The van der Waals surface area contributed by atoms with Gasteiger partial charge in [-0.05, 0) is 66.8 Å². The fraction of sp³-hybridized carbons (Fsp3) is 0.182. The molecule has 0 atom stereocenters. The number of aromatic nitrogens is 1. The lowest BCUT2D eigenvalue weighted by molar-refractivity contribution is -0.274. The second-order valence-electron chi connectivity index (χ2n) is 6.80. The third-order valence-electron chi connectivity index (χ3n) is 4.75. The Hall–Kier alpha value is -3.35. The van der Waals surface area contributed by atoms with E-state index < -0.39 is 6.36 Å². The summed E-state index contributed by atoms with van der Waals surface area (Å²) in [6.45, 7) is 0. The van der Waals surface area contributed by atoms with Gasteiger partial charge in [-0.2, -0.15) is 0 Å². The van der Waals surface area contributed by atoms with E-state index in [9.17, 15) is 18.0 Å². The standard InChI is InChI=1S/C22H17F3N2O2/c23-22(24,25)29-19-6-2-5-16(12-19)20-10-8-17(13-26-20)21(28)27-18-9-7-14-3-1-4-15(14)11-18/h2,5-13H,1,3-4H2,(H,27,28). The van der Waals surface area contributed by atoms with Crippen LogP contribution in [0.4, 0.5) is 18.9 Å². The van der Waals surface area contributed by atoms with E-state index >= 15 is 0 Å². The maximum absolute atomic E-state index is 12.5. The van der Waals surface area contributed by atoms with Crippen LogP contribution in [-0.4, -0.2) is 17.3 Å². The molecular formula is C22H17F3N2O2. The number of hydrogen-bond acceptors (Lipinski definition) is 3. The molecule has 1 aliphatic rings. The van der Waals surface area contributed by atoms with Crippen molar-refractivity contribution in [2.24, 2.45) is 0 Å². The molecule has 7 heteroatoms. The number of carbonyl (C=O) groups is 1. The van der Waals surface area contributed by atoms with E-state index in [2.05, 4.69) is 15.0 Å². The van der Waals surface area contributed by atoms with E-state index in [1.54, 1.807) is 18.2 Å². The average Bonchev–Trinajstić information content (AvgIpc) is 3.15. The maximum atomic E-state index is 12.5. The molecule has 1 N–H and O–H groups in total. The quantitative estimate of drug-likeness (QED) is 0.641. The monoisotopic (exact) mass is 398 g/mol. The third-order valence-corrected chi connectivity index (χ3v) is 4.75. The predicted molar refractivity (Wildman–Crippen MR) is 103 cm³/mol. The van der Waals surface area contributed by atoms with Gasteiger partial charge in [-0.1, -0.05) is 18.2 Å². The second-order valence-corrected chi connectivity index (χ2v) is 6.80. The first-order chi connectivity index (χ1) is 13.9. The van der Waals surface area contributed by atoms with Crippen LogP contribution in [-0.2, 0) is 12.8 Å². The molecule has 0 saturated heterocycles. The van der Waals surface area contributed by atoms with Gasteiger partial charge in [0.05, 0.1) is 11.3 Å². The van der Waals surface area contributed by atoms with Crippen LogP contribution in [0.1, 0.15) is 27.9 Å². The lowest BCUT2D eigenvalue weighted by atomic mass is 10.1. The lowest BCUT2D eigenvalue weighted by Crippen LogP contribution is -2.17. The number of amides is 1. The number of ether oxygens (including phenoxy) is 1. The van der Waals surface area contributed by atoms with Crippen molar-refractivity contribution in [2.45, 2.75) is 25.6 Å². The Morgan fingerprint density at radius 3 is 2.59 bits per heavy atom. The van der Waals surface area contributed by atoms with E-state index in [1.165, 1.54) is 35.5 Å². The number of fused-ring (bicyclic) bond motifs is 1. The Morgan fingerprint density at radius 2 is 1.83 bits per heavy atom. The van der Waals surface area contributed by atoms with Crippen LogP contribution >= 0.6 is 0 Å². The number of hydrogen-bond donors (Lipinski definition) is 1. The topological polar surface area (TPSA) is 51.2 Å². The lowest BCUT2D eigenvalue weighted by Gasteiger charge is -2.10. The van der Waals surface area contributed by atoms with Crippen molar-refractivity contribution in [3.63, 3.8) is 0 Å². The molecule has 0 fully saturated rings. The minimum absolute atomic E-state index is 0.295. The number of nitrogens with one attached hydrogen (secondary N) is 1. The van der Waals surface area contributed by atoms with Crippen LogP contribution < -0.4 is 10.1 Å². The normalized spacial score (nSPS) is 13.1. The number of halogens is 3. The van der Waals surface area contributed by atoms with E-state index in [1.807, 2.05) is 18.2 Å². The Kier molecular flexibility index (Phi) is 4.96. The summed E-state index contributed by atoms with van der Waals surface area (Å²) in [7, 11) is 0. The molecule has 0 radical (unpaired) electrons. The molecule has 29 heavy (non-hydrogen) atoms. The molecule has 2 aromatic carbocycles. The summed E-state index contributed by atoms with van der Waals surface area (Å²) in [5, 5.41) is 2.86. The highest BCUT2D eigenvalue weighted by atomic mass is 19.4. The largest absolute Gasteiger partial charge is 0.573 e. The molecule has 0 unspecified atom stereocenters. The van der Waals surface area contributed by atoms with Crippen LogP contribution in [0.2, 0.25) is 0 Å². The van der Waals surface area contributed by atoms with Gasteiger partial charge < -0.3 is 10.1 Å². The molecule has 3 aromatic rings. The highest BCUT2D eigenvalue weighted by Crippen LogP contribution is 2.28. The van der Waals surface area contributed by atoms with Crippen LogP contribution in [0.15, 0.2) is 60.8 Å². The molecular weight excluding hydrogens is 381 g/mol. The molecule has 0 saturated carbocycles. The number of anilines is 1. The van der Waals surface area contributed by atoms with Crippen LogP contribution in [0.3, 0.4) is 0 Å². The fourth-order valence-corrected chi connectivity index (χ4v) is 3.40. The minimum Gasteiger partial charge on any atom is -0.406 e. The number of benzene rings is 2. The highest BCUT2D eigenvalue weighted by Gasteiger charge is 2.31. The van der Waals surface area contributed by atoms with Crippen molar-refractivity contribution in [3.8, 4) is 17.0 Å². The first-order valence-corrected chi connectivity index (χ1v) is 9.13. The summed E-state index contributed by atoms with van der Waals surface area (Å²) in [6.07, 6.45) is -0.134. The number of nitrogens with zero attached hydrogens (tertiary/aromatic N) is 1. The average molecular weight is 398 g/mol. The van der Waals surface area contributed by atoms with Crippen LogP contribution in [0.5, 0.6) is 5.75 Å². The zero-order valence-corrected chi connectivity index (χ0v) is 15.3. The van der Waals surface area contributed by atoms with Crippen molar-refractivity contribution in [1.82, 2.24) is 4.98 Å². The van der Waals surface area contributed by atoms with Crippen LogP contribution in [0, 0.1) is 0 Å². The number of aryl methyl sites for hydroxylation is 2. The SMILES string of the molecule is O=C(Nc1ccc2c(c1)CCC2)c1ccc(-c2cccc(OC(F)(F)F)c2)nc1. The number of pyridine rings is 1. The van der Waals surface area contributed by atoms with Crippen molar-refractivity contribution < 1.29 is 22.7 Å². The van der Waals surface area contributed by atoms with Crippen molar-refractivity contribution in [1.29, 1.82) is 0 Å². The van der Waals surface area contributed by atoms with Gasteiger partial charge in [0.2, 0.25) is 0 Å². The molecule has 1 heterocycles. The molecule has 1 amide bonds. The molecule has 1 aromatic heterocycles. The Bertz CT molecular complexity index is 1050. The van der Waals surface area contributed by atoms with Gasteiger partial charge >= 0.3 is 6.36 Å². The molecule has 1 aliphatic carbocycles. The minimum atomic E-state index is -4.76. The first-order valence-electron chi connectivity index (χ1n) is 9.13. The van der Waals surface area contributed by atoms with Gasteiger partial charge in [0.15, 0.2) is 0 Å². The van der Waals surface area contributed by atoms with Gasteiger partial charge in [-0.3, -0.25) is 9.78 Å². The summed E-state index contributed by atoms with van der Waals surface area (Å²) in [5.41, 5.74) is 4.57. The van der Waals surface area contributed by atoms with E-state index in [0.29, 0.717) is 16.8 Å². The summed E-state index contributed by atoms with van der Waals surface area (Å²) >= 11 is 0. The van der Waals surface area contributed by atoms with E-state index in [0.717, 1.165) is 24.9 Å². The molecule has 0 bridgehead atoms. The molecule has 4 nitrogen and oxygen atoms in total. The van der Waals surface area contributed by atoms with E-state index in [4.69, 9.17) is 0 Å². The smallest absolute Gasteiger partial charge is 0.406 e. The van der Waals surface area contributed by atoms with Crippen molar-refractivity contribution in [2.75, 3.05) is 5.32 Å². The zero-order valence-electron chi connectivity index (χ0n) is 15.3. The Labute approximate surface area is 165 Å². The zero-order chi connectivity index (χ0) is 20.4. The van der Waals surface area contributed by atoms with Crippen LogP contribution in [0.25, 0.3) is 11.3 Å². The Morgan fingerprint density at radius 1 is 1.00 bits per heavy atom. The molecule has 4 rings (SSSR count). The highest BCUT2D eigenvalue weighted by molar-refractivity contribution is 6.04. The van der Waals surface area contributed by atoms with Gasteiger partial charge in [0.1, 0.15) is 5.75 Å². The summed E-state index contributed by atoms with van der Waals surface area (Å²) in [6, 6.07) is 14.6. The van der Waals surface area contributed by atoms with E-state index in [-0.39, 0.29) is 11.7 Å². The summed E-state index contributed by atoms with van der Waals surface area (Å²) in [5.74, 6) is -0.619. The predicted octanol–water partition coefficient (Wildman–Crippen LogP) is 5.39. The van der Waals surface area contributed by atoms with Gasteiger partial charge in [-0.25, -0.2) is 0 Å². The van der Waals surface area contributed by atoms with Gasteiger partial charge in [-0.15, -0.1) is 13.2 Å². The van der Waals surface area contributed by atoms with Gasteiger partial charge in [0, 0.05) is 17.4 Å². The first kappa shape index (κ1) is 19.0. The number of rotatable bonds is 4. The van der Waals surface area contributed by atoms with Gasteiger partial charge in [0.25, 0.3) is 5.91 Å². The van der Waals surface area contributed by atoms with Crippen molar-refractivity contribution in [3.05, 3.63) is 77.5 Å². The summed E-state index contributed by atoms with van der Waals surface area (Å²) in [4.78, 5) is 16.7. The van der Waals surface area contributed by atoms with Crippen molar-refractivity contribution >= 4 is 11.6 Å². The number of carbonyl (C=O) groups excluding carboxylic acids is 1. The summed E-state index contributed by atoms with van der Waals surface area (Å²) < 4.78 is 41.1. The fourth-order valence-electron chi connectivity index (χ4n) is 3.40. The third kappa shape index (κ3) is 4.56. The second kappa shape index (κ2) is 7.58. The molecule has 148 valence electrons. The molecule has 0 aliphatic heterocycles.